The smallest absolute Gasteiger partial charge is 0.224 e. The van der Waals surface area contributed by atoms with Gasteiger partial charge >= 0.3 is 0 Å². The van der Waals surface area contributed by atoms with Gasteiger partial charge in [0.15, 0.2) is 0 Å². The van der Waals surface area contributed by atoms with Crippen LogP contribution in [0.1, 0.15) is 16.7 Å². The van der Waals surface area contributed by atoms with Gasteiger partial charge in [-0.15, -0.1) is 0 Å². The zero-order chi connectivity index (χ0) is 16.5. The first-order valence-corrected chi connectivity index (χ1v) is 8.86. The van der Waals surface area contributed by atoms with E-state index >= 15 is 0 Å². The number of hydrogen-bond donors (Lipinski definition) is 1. The van der Waals surface area contributed by atoms with Crippen LogP contribution in [0.5, 0.6) is 5.75 Å². The van der Waals surface area contributed by atoms with Crippen molar-refractivity contribution in [3.63, 3.8) is 0 Å². The summed E-state index contributed by atoms with van der Waals surface area (Å²) in [4.78, 5) is 11.9. The molecule has 2 aromatic carbocycles. The molecule has 1 amide bonds. The molecule has 0 radical (unpaired) electrons. The Morgan fingerprint density at radius 1 is 1.13 bits per heavy atom. The highest BCUT2D eigenvalue weighted by Crippen LogP contribution is 2.13. The maximum atomic E-state index is 11.9. The maximum absolute atomic E-state index is 11.9. The average molecular weight is 329 g/mol. The van der Waals surface area contributed by atoms with Crippen molar-refractivity contribution < 1.29 is 9.53 Å². The van der Waals surface area contributed by atoms with Crippen LogP contribution in [-0.4, -0.2) is 25.3 Å². The molecule has 0 bridgehead atoms. The molecule has 2 rings (SSSR count). The fraction of sp³-hybridized carbons (Fsp3) is 0.316. The van der Waals surface area contributed by atoms with Gasteiger partial charge in [-0.2, -0.15) is 11.8 Å². The summed E-state index contributed by atoms with van der Waals surface area (Å²) in [7, 11) is 1.64. The number of hydrogen-bond acceptors (Lipinski definition) is 3. The number of aryl methyl sites for hydroxylation is 1. The predicted octanol–water partition coefficient (Wildman–Crippen LogP) is 3.60. The number of carbonyl (C=O) groups excluding carboxylic acids is 1. The minimum Gasteiger partial charge on any atom is -0.497 e. The van der Waals surface area contributed by atoms with Gasteiger partial charge in [-0.3, -0.25) is 4.79 Å². The SMILES string of the molecule is COc1ccc(CC(=O)NCCSCc2cccc(C)c2)cc1. The molecule has 0 unspecified atom stereocenters. The Bertz CT molecular complexity index is 626. The fourth-order valence-corrected chi connectivity index (χ4v) is 3.05. The third-order valence-corrected chi connectivity index (χ3v) is 4.47. The molecule has 0 saturated carbocycles. The van der Waals surface area contributed by atoms with Crippen molar-refractivity contribution in [2.24, 2.45) is 0 Å². The number of rotatable bonds is 8. The Balaban J connectivity index is 1.62. The lowest BCUT2D eigenvalue weighted by Gasteiger charge is -2.07. The van der Waals surface area contributed by atoms with Gasteiger partial charge in [-0.25, -0.2) is 0 Å². The van der Waals surface area contributed by atoms with E-state index in [-0.39, 0.29) is 5.91 Å². The van der Waals surface area contributed by atoms with E-state index in [1.165, 1.54) is 11.1 Å². The van der Waals surface area contributed by atoms with Crippen molar-refractivity contribution in [2.45, 2.75) is 19.1 Å². The van der Waals surface area contributed by atoms with Gasteiger partial charge in [-0.1, -0.05) is 42.0 Å². The van der Waals surface area contributed by atoms with Crippen molar-refractivity contribution in [1.29, 1.82) is 0 Å². The number of carbonyl (C=O) groups is 1. The first kappa shape index (κ1) is 17.4. The number of benzene rings is 2. The third-order valence-electron chi connectivity index (χ3n) is 3.44. The first-order valence-electron chi connectivity index (χ1n) is 7.70. The maximum Gasteiger partial charge on any atom is 0.224 e. The Morgan fingerprint density at radius 2 is 1.91 bits per heavy atom. The van der Waals surface area contributed by atoms with Gasteiger partial charge in [-0.05, 0) is 30.2 Å². The van der Waals surface area contributed by atoms with E-state index in [1.807, 2.05) is 36.0 Å². The van der Waals surface area contributed by atoms with Gasteiger partial charge < -0.3 is 10.1 Å². The van der Waals surface area contributed by atoms with Crippen molar-refractivity contribution in [1.82, 2.24) is 5.32 Å². The molecule has 1 N–H and O–H groups in total. The van der Waals surface area contributed by atoms with Crippen molar-refractivity contribution in [3.8, 4) is 5.75 Å². The molecule has 0 aromatic heterocycles. The van der Waals surface area contributed by atoms with Gasteiger partial charge in [0.05, 0.1) is 13.5 Å². The van der Waals surface area contributed by atoms with E-state index in [4.69, 9.17) is 4.74 Å². The largest absolute Gasteiger partial charge is 0.497 e. The predicted molar refractivity (Wildman–Crippen MR) is 97.0 cm³/mol. The molecule has 0 heterocycles. The Labute approximate surface area is 142 Å². The molecular formula is C19H23NO2S. The molecule has 0 spiro atoms. The number of ether oxygens (including phenoxy) is 1. The van der Waals surface area contributed by atoms with Crippen molar-refractivity contribution in [2.75, 3.05) is 19.4 Å². The number of nitrogens with one attached hydrogen (secondary N) is 1. The van der Waals surface area contributed by atoms with Crippen LogP contribution in [0.25, 0.3) is 0 Å². The third kappa shape index (κ3) is 6.37. The molecule has 0 aliphatic carbocycles. The van der Waals surface area contributed by atoms with Crippen LogP contribution < -0.4 is 10.1 Å². The summed E-state index contributed by atoms with van der Waals surface area (Å²) >= 11 is 1.84. The van der Waals surface area contributed by atoms with Gasteiger partial charge in [0.25, 0.3) is 0 Å². The summed E-state index contributed by atoms with van der Waals surface area (Å²) in [5, 5.41) is 2.97. The minimum atomic E-state index is 0.0614. The lowest BCUT2D eigenvalue weighted by Crippen LogP contribution is -2.27. The summed E-state index contributed by atoms with van der Waals surface area (Å²) in [5.41, 5.74) is 3.62. The molecule has 0 fully saturated rings. The zero-order valence-electron chi connectivity index (χ0n) is 13.7. The lowest BCUT2D eigenvalue weighted by molar-refractivity contribution is -0.120. The van der Waals surface area contributed by atoms with E-state index in [0.717, 1.165) is 22.8 Å². The van der Waals surface area contributed by atoms with Crippen LogP contribution in [0.2, 0.25) is 0 Å². The van der Waals surface area contributed by atoms with Gasteiger partial charge in [0.2, 0.25) is 5.91 Å². The highest BCUT2D eigenvalue weighted by molar-refractivity contribution is 7.98. The zero-order valence-corrected chi connectivity index (χ0v) is 14.5. The quantitative estimate of drug-likeness (QED) is 0.752. The molecule has 2 aromatic rings. The second-order valence-corrected chi connectivity index (χ2v) is 6.52. The first-order chi connectivity index (χ1) is 11.2. The molecule has 0 aliphatic heterocycles. The van der Waals surface area contributed by atoms with Crippen LogP contribution >= 0.6 is 11.8 Å². The van der Waals surface area contributed by atoms with Crippen molar-refractivity contribution >= 4 is 17.7 Å². The second-order valence-electron chi connectivity index (χ2n) is 5.42. The van der Waals surface area contributed by atoms with Crippen molar-refractivity contribution in [3.05, 3.63) is 65.2 Å². The second kappa shape index (κ2) is 9.26. The monoisotopic (exact) mass is 329 g/mol. The Morgan fingerprint density at radius 3 is 2.61 bits per heavy atom. The van der Waals surface area contributed by atoms with Crippen LogP contribution in [0.3, 0.4) is 0 Å². The topological polar surface area (TPSA) is 38.3 Å². The summed E-state index contributed by atoms with van der Waals surface area (Å²) < 4.78 is 5.11. The molecule has 0 aliphatic rings. The summed E-state index contributed by atoms with van der Waals surface area (Å²) in [5.74, 6) is 2.77. The van der Waals surface area contributed by atoms with Crippen LogP contribution in [0.4, 0.5) is 0 Å². The van der Waals surface area contributed by atoms with Crippen LogP contribution in [0.15, 0.2) is 48.5 Å². The highest BCUT2D eigenvalue weighted by atomic mass is 32.2. The molecule has 0 saturated heterocycles. The highest BCUT2D eigenvalue weighted by Gasteiger charge is 2.03. The lowest BCUT2D eigenvalue weighted by atomic mass is 10.1. The Hall–Kier alpha value is -1.94. The summed E-state index contributed by atoms with van der Waals surface area (Å²) in [6, 6.07) is 16.1. The van der Waals surface area contributed by atoms with E-state index in [2.05, 4.69) is 36.5 Å². The van der Waals surface area contributed by atoms with E-state index in [1.54, 1.807) is 7.11 Å². The normalized spacial score (nSPS) is 10.3. The van der Waals surface area contributed by atoms with Crippen LogP contribution in [0, 0.1) is 6.92 Å². The molecule has 122 valence electrons. The van der Waals surface area contributed by atoms with Gasteiger partial charge in [0, 0.05) is 18.1 Å². The molecule has 23 heavy (non-hydrogen) atoms. The summed E-state index contributed by atoms with van der Waals surface area (Å²) in [6.07, 6.45) is 0.409. The van der Waals surface area contributed by atoms with E-state index in [0.29, 0.717) is 13.0 Å². The standard InChI is InChI=1S/C19H23NO2S/c1-15-4-3-5-17(12-15)14-23-11-10-20-19(21)13-16-6-8-18(22-2)9-7-16/h3-9,12H,10-11,13-14H2,1-2H3,(H,20,21). The summed E-state index contributed by atoms with van der Waals surface area (Å²) in [6.45, 7) is 2.80. The molecule has 4 heteroatoms. The number of thioether (sulfide) groups is 1. The van der Waals surface area contributed by atoms with E-state index in [9.17, 15) is 4.79 Å². The Kier molecular flexibility index (Phi) is 7.01. The van der Waals surface area contributed by atoms with E-state index < -0.39 is 0 Å². The number of methoxy groups -OCH3 is 1. The minimum absolute atomic E-state index is 0.0614. The fourth-order valence-electron chi connectivity index (χ4n) is 2.25. The molecule has 0 atom stereocenters. The van der Waals surface area contributed by atoms with Crippen LogP contribution in [-0.2, 0) is 17.0 Å². The van der Waals surface area contributed by atoms with Gasteiger partial charge in [0.1, 0.15) is 5.75 Å². The molecular weight excluding hydrogens is 306 g/mol. The average Bonchev–Trinajstić information content (AvgIpc) is 2.55. The molecule has 3 nitrogen and oxygen atoms in total. The number of amides is 1.